The van der Waals surface area contributed by atoms with E-state index in [1.165, 1.54) is 18.1 Å². The molecule has 17 heavy (non-hydrogen) atoms. The molecule has 0 fully saturated rings. The molecule has 1 aromatic carbocycles. The van der Waals surface area contributed by atoms with Gasteiger partial charge in [-0.2, -0.15) is 5.10 Å². The zero-order valence-electron chi connectivity index (χ0n) is 10.3. The zero-order chi connectivity index (χ0) is 12.4. The van der Waals surface area contributed by atoms with Crippen molar-refractivity contribution in [2.45, 2.75) is 26.7 Å². The molecule has 88 valence electrons. The van der Waals surface area contributed by atoms with Crippen LogP contribution in [0.5, 0.6) is 0 Å². The van der Waals surface area contributed by atoms with E-state index in [0.29, 0.717) is 0 Å². The summed E-state index contributed by atoms with van der Waals surface area (Å²) in [6, 6.07) is 6.22. The van der Waals surface area contributed by atoms with Crippen molar-refractivity contribution in [1.82, 2.24) is 14.8 Å². The van der Waals surface area contributed by atoms with Crippen molar-refractivity contribution in [2.75, 3.05) is 0 Å². The number of benzene rings is 1. The molecule has 4 heteroatoms. The van der Waals surface area contributed by atoms with Gasteiger partial charge in [-0.1, -0.05) is 24.6 Å². The van der Waals surface area contributed by atoms with Gasteiger partial charge >= 0.3 is 0 Å². The van der Waals surface area contributed by atoms with Gasteiger partial charge in [-0.3, -0.25) is 0 Å². The van der Waals surface area contributed by atoms with Gasteiger partial charge in [0.2, 0.25) is 0 Å². The Labute approximate surface area is 101 Å². The van der Waals surface area contributed by atoms with Crippen molar-refractivity contribution in [3.8, 4) is 5.69 Å². The lowest BCUT2D eigenvalue weighted by Gasteiger charge is -2.11. The molecule has 2 aromatic rings. The van der Waals surface area contributed by atoms with E-state index in [-0.39, 0.29) is 5.92 Å². The first kappa shape index (κ1) is 11.5. The SMILES string of the molecule is Cc1ccc(-n2ncnc2C(C)C=N)c(C)c1. The van der Waals surface area contributed by atoms with Crippen molar-refractivity contribution in [2.24, 2.45) is 0 Å². The third-order valence-corrected chi connectivity index (χ3v) is 2.81. The molecule has 1 unspecified atom stereocenters. The minimum Gasteiger partial charge on any atom is -0.312 e. The third-order valence-electron chi connectivity index (χ3n) is 2.81. The van der Waals surface area contributed by atoms with E-state index < -0.39 is 0 Å². The van der Waals surface area contributed by atoms with Gasteiger partial charge in [0.15, 0.2) is 0 Å². The Morgan fingerprint density at radius 3 is 2.76 bits per heavy atom. The Kier molecular flexibility index (Phi) is 3.04. The van der Waals surface area contributed by atoms with Crippen molar-refractivity contribution >= 4 is 6.21 Å². The summed E-state index contributed by atoms with van der Waals surface area (Å²) in [5.41, 5.74) is 3.42. The van der Waals surface area contributed by atoms with Crippen LogP contribution in [0.1, 0.15) is 29.8 Å². The highest BCUT2D eigenvalue weighted by atomic mass is 15.3. The maximum absolute atomic E-state index is 7.33. The quantitative estimate of drug-likeness (QED) is 0.821. The predicted molar refractivity (Wildman–Crippen MR) is 68.0 cm³/mol. The molecule has 2 rings (SSSR count). The van der Waals surface area contributed by atoms with Gasteiger partial charge < -0.3 is 5.41 Å². The average molecular weight is 228 g/mol. The molecular formula is C13H16N4. The van der Waals surface area contributed by atoms with Crippen LogP contribution < -0.4 is 0 Å². The fourth-order valence-electron chi connectivity index (χ4n) is 1.86. The Balaban J connectivity index is 2.53. The lowest BCUT2D eigenvalue weighted by atomic mass is 10.1. The van der Waals surface area contributed by atoms with E-state index in [1.807, 2.05) is 17.7 Å². The molecule has 1 N–H and O–H groups in total. The number of rotatable bonds is 3. The van der Waals surface area contributed by atoms with Crippen molar-refractivity contribution in [3.05, 3.63) is 41.5 Å². The summed E-state index contributed by atoms with van der Waals surface area (Å²) in [6.07, 6.45) is 2.92. The highest BCUT2D eigenvalue weighted by Gasteiger charge is 2.13. The summed E-state index contributed by atoms with van der Waals surface area (Å²) in [6.45, 7) is 6.07. The van der Waals surface area contributed by atoms with Crippen LogP contribution in [0.2, 0.25) is 0 Å². The largest absolute Gasteiger partial charge is 0.312 e. The van der Waals surface area contributed by atoms with Crippen molar-refractivity contribution in [1.29, 1.82) is 5.41 Å². The minimum absolute atomic E-state index is 0.0294. The zero-order valence-corrected chi connectivity index (χ0v) is 10.3. The normalized spacial score (nSPS) is 12.4. The first-order valence-corrected chi connectivity index (χ1v) is 5.61. The summed E-state index contributed by atoms with van der Waals surface area (Å²) in [7, 11) is 0. The van der Waals surface area contributed by atoms with Crippen LogP contribution >= 0.6 is 0 Å². The molecule has 0 amide bonds. The van der Waals surface area contributed by atoms with Crippen LogP contribution in [0.4, 0.5) is 0 Å². The van der Waals surface area contributed by atoms with Gasteiger partial charge in [0.1, 0.15) is 12.2 Å². The summed E-state index contributed by atoms with van der Waals surface area (Å²) in [5, 5.41) is 11.6. The lowest BCUT2D eigenvalue weighted by Crippen LogP contribution is -2.08. The summed E-state index contributed by atoms with van der Waals surface area (Å²) < 4.78 is 1.81. The minimum atomic E-state index is -0.0294. The first-order valence-electron chi connectivity index (χ1n) is 5.61. The molecule has 1 heterocycles. The van der Waals surface area contributed by atoms with E-state index in [2.05, 4.69) is 36.1 Å². The van der Waals surface area contributed by atoms with Crippen molar-refractivity contribution in [3.63, 3.8) is 0 Å². The van der Waals surface area contributed by atoms with E-state index >= 15 is 0 Å². The Morgan fingerprint density at radius 2 is 2.12 bits per heavy atom. The van der Waals surface area contributed by atoms with Gasteiger partial charge in [0, 0.05) is 6.21 Å². The molecule has 0 saturated carbocycles. The molecule has 0 radical (unpaired) electrons. The lowest BCUT2D eigenvalue weighted by molar-refractivity contribution is 0.773. The fourth-order valence-corrected chi connectivity index (χ4v) is 1.86. The number of aryl methyl sites for hydroxylation is 2. The highest BCUT2D eigenvalue weighted by Crippen LogP contribution is 2.19. The van der Waals surface area contributed by atoms with E-state index in [4.69, 9.17) is 5.41 Å². The topological polar surface area (TPSA) is 54.6 Å². The van der Waals surface area contributed by atoms with Gasteiger partial charge in [-0.15, -0.1) is 0 Å². The van der Waals surface area contributed by atoms with Crippen LogP contribution in [0.3, 0.4) is 0 Å². The smallest absolute Gasteiger partial charge is 0.140 e. The number of hydrogen-bond acceptors (Lipinski definition) is 3. The number of hydrogen-bond donors (Lipinski definition) is 1. The summed E-state index contributed by atoms with van der Waals surface area (Å²) in [4.78, 5) is 4.23. The molecule has 1 atom stereocenters. The molecule has 0 spiro atoms. The molecule has 0 bridgehead atoms. The molecular weight excluding hydrogens is 212 g/mol. The second-order valence-corrected chi connectivity index (χ2v) is 4.28. The standard InChI is InChI=1S/C13H16N4/c1-9-4-5-12(10(2)6-9)17-13(11(3)7-14)15-8-16-17/h4-8,11,14H,1-3H3. The summed E-state index contributed by atoms with van der Waals surface area (Å²) in [5.74, 6) is 0.769. The van der Waals surface area contributed by atoms with Crippen molar-refractivity contribution < 1.29 is 0 Å². The Morgan fingerprint density at radius 1 is 1.35 bits per heavy atom. The van der Waals surface area contributed by atoms with Crippen LogP contribution in [-0.2, 0) is 0 Å². The van der Waals surface area contributed by atoms with Crippen LogP contribution in [0, 0.1) is 19.3 Å². The van der Waals surface area contributed by atoms with Gasteiger partial charge in [0.05, 0.1) is 11.6 Å². The molecule has 0 saturated heterocycles. The van der Waals surface area contributed by atoms with Gasteiger partial charge in [-0.05, 0) is 25.5 Å². The average Bonchev–Trinajstić information content (AvgIpc) is 2.77. The Hall–Kier alpha value is -1.97. The maximum Gasteiger partial charge on any atom is 0.140 e. The second-order valence-electron chi connectivity index (χ2n) is 4.28. The second kappa shape index (κ2) is 4.49. The maximum atomic E-state index is 7.33. The third kappa shape index (κ3) is 2.11. The fraction of sp³-hybridized carbons (Fsp3) is 0.308. The monoisotopic (exact) mass is 228 g/mol. The molecule has 4 nitrogen and oxygen atoms in total. The molecule has 0 aliphatic rings. The first-order chi connectivity index (χ1) is 8.13. The van der Waals surface area contributed by atoms with E-state index in [1.54, 1.807) is 0 Å². The van der Waals surface area contributed by atoms with E-state index in [0.717, 1.165) is 17.1 Å². The number of nitrogens with zero attached hydrogens (tertiary/aromatic N) is 3. The number of nitrogens with one attached hydrogen (secondary N) is 1. The number of aromatic nitrogens is 3. The van der Waals surface area contributed by atoms with Crippen LogP contribution in [-0.4, -0.2) is 21.0 Å². The van der Waals surface area contributed by atoms with Gasteiger partial charge in [-0.25, -0.2) is 9.67 Å². The molecule has 1 aromatic heterocycles. The highest BCUT2D eigenvalue weighted by molar-refractivity contribution is 5.62. The van der Waals surface area contributed by atoms with Crippen LogP contribution in [0.15, 0.2) is 24.5 Å². The predicted octanol–water partition coefficient (Wildman–Crippen LogP) is 2.64. The van der Waals surface area contributed by atoms with Crippen LogP contribution in [0.25, 0.3) is 5.69 Å². The van der Waals surface area contributed by atoms with Gasteiger partial charge in [0.25, 0.3) is 0 Å². The summed E-state index contributed by atoms with van der Waals surface area (Å²) >= 11 is 0. The molecule has 0 aliphatic carbocycles. The Bertz CT molecular complexity index is 542. The molecule has 0 aliphatic heterocycles. The van der Waals surface area contributed by atoms with E-state index in [9.17, 15) is 0 Å².